The number of carbonyl (C=O) groups is 1. The van der Waals surface area contributed by atoms with Crippen LogP contribution in [0.15, 0.2) is 22.9 Å². The lowest BCUT2D eigenvalue weighted by Crippen LogP contribution is -2.38. The molecule has 1 amide bonds. The lowest BCUT2D eigenvalue weighted by atomic mass is 9.90. The first-order valence-corrected chi connectivity index (χ1v) is 9.41. The quantitative estimate of drug-likeness (QED) is 0.706. The monoisotopic (exact) mass is 407 g/mol. The van der Waals surface area contributed by atoms with Crippen LogP contribution in [0.1, 0.15) is 66.0 Å². The summed E-state index contributed by atoms with van der Waals surface area (Å²) < 4.78 is 46.5. The number of pyridine rings is 1. The summed E-state index contributed by atoms with van der Waals surface area (Å²) in [5.74, 6) is -0.592. The lowest BCUT2D eigenvalue weighted by Gasteiger charge is -2.31. The van der Waals surface area contributed by atoms with Crippen molar-refractivity contribution in [1.29, 1.82) is 0 Å². The molecular weight excluding hydrogens is 387 g/mol. The van der Waals surface area contributed by atoms with Crippen molar-refractivity contribution in [3.63, 3.8) is 0 Å². The van der Waals surface area contributed by atoms with Crippen molar-refractivity contribution in [3.8, 4) is 0 Å². The van der Waals surface area contributed by atoms with E-state index in [0.29, 0.717) is 37.3 Å². The van der Waals surface area contributed by atoms with E-state index in [4.69, 9.17) is 4.52 Å². The van der Waals surface area contributed by atoms with Gasteiger partial charge in [-0.05, 0) is 30.9 Å². The third-order valence-corrected chi connectivity index (χ3v) is 5.29. The molecule has 0 aliphatic carbocycles. The first-order valence-electron chi connectivity index (χ1n) is 9.41. The van der Waals surface area contributed by atoms with Crippen LogP contribution in [0.5, 0.6) is 0 Å². The number of carbonyl (C=O) groups excluding carboxylic acids is 1. The number of fused-ring (bicyclic) bond motifs is 1. The van der Waals surface area contributed by atoms with Gasteiger partial charge in [-0.2, -0.15) is 18.3 Å². The predicted molar refractivity (Wildman–Crippen MR) is 97.4 cm³/mol. The lowest BCUT2D eigenvalue weighted by molar-refractivity contribution is -0.136. The Bertz CT molecular complexity index is 1020. The van der Waals surface area contributed by atoms with Gasteiger partial charge in [0.25, 0.3) is 11.6 Å². The second kappa shape index (κ2) is 7.16. The van der Waals surface area contributed by atoms with Gasteiger partial charge in [-0.25, -0.2) is 4.98 Å². The molecule has 0 radical (unpaired) electrons. The van der Waals surface area contributed by atoms with E-state index in [1.807, 2.05) is 0 Å². The fourth-order valence-electron chi connectivity index (χ4n) is 3.69. The Morgan fingerprint density at radius 3 is 2.62 bits per heavy atom. The molecule has 0 aromatic carbocycles. The Morgan fingerprint density at radius 2 is 2.03 bits per heavy atom. The first-order chi connectivity index (χ1) is 13.8. The summed E-state index contributed by atoms with van der Waals surface area (Å²) in [7, 11) is 0. The van der Waals surface area contributed by atoms with Crippen LogP contribution in [-0.4, -0.2) is 44.2 Å². The largest absolute Gasteiger partial charge is 0.417 e. The molecular formula is C19H20F3N5O2. The van der Waals surface area contributed by atoms with Gasteiger partial charge in [0.15, 0.2) is 0 Å². The number of nitrogens with one attached hydrogen (secondary N) is 1. The number of piperidine rings is 1. The Morgan fingerprint density at radius 1 is 1.31 bits per heavy atom. The van der Waals surface area contributed by atoms with Gasteiger partial charge in [0.1, 0.15) is 5.69 Å². The summed E-state index contributed by atoms with van der Waals surface area (Å²) in [5.41, 5.74) is 0.115. The zero-order valence-corrected chi connectivity index (χ0v) is 16.0. The zero-order chi connectivity index (χ0) is 20.8. The molecule has 0 bridgehead atoms. The molecule has 0 unspecified atom stereocenters. The van der Waals surface area contributed by atoms with Crippen molar-refractivity contribution in [2.45, 2.75) is 44.7 Å². The fourth-order valence-corrected chi connectivity index (χ4v) is 3.69. The van der Waals surface area contributed by atoms with Crippen LogP contribution in [0.4, 0.5) is 13.2 Å². The van der Waals surface area contributed by atoms with Crippen LogP contribution >= 0.6 is 0 Å². The van der Waals surface area contributed by atoms with Crippen LogP contribution in [0.25, 0.3) is 11.1 Å². The highest BCUT2D eigenvalue weighted by Gasteiger charge is 2.38. The number of aromatic amines is 1. The molecule has 3 aromatic heterocycles. The third kappa shape index (κ3) is 3.58. The number of hydrogen-bond acceptors (Lipinski definition) is 5. The molecule has 7 nitrogen and oxygen atoms in total. The molecule has 0 saturated carbocycles. The average Bonchev–Trinajstić information content (AvgIpc) is 3.36. The van der Waals surface area contributed by atoms with E-state index in [1.165, 1.54) is 6.20 Å². The highest BCUT2D eigenvalue weighted by molar-refractivity contribution is 5.92. The predicted octanol–water partition coefficient (Wildman–Crippen LogP) is 4.11. The van der Waals surface area contributed by atoms with Gasteiger partial charge in [0, 0.05) is 30.9 Å². The minimum Gasteiger partial charge on any atom is -0.337 e. The second-order valence-corrected chi connectivity index (χ2v) is 7.53. The normalized spacial score (nSPS) is 16.1. The summed E-state index contributed by atoms with van der Waals surface area (Å²) in [6.45, 7) is 4.38. The summed E-state index contributed by atoms with van der Waals surface area (Å²) in [6, 6.07) is 2.68. The smallest absolute Gasteiger partial charge is 0.337 e. The van der Waals surface area contributed by atoms with Crippen molar-refractivity contribution in [2.24, 2.45) is 0 Å². The standard InChI is InChI=1S/C19H20F3N5O2/c1-10(2)14-9-12(19(20,21)22)15-16(26-29-17(15)24-14)11-4-7-27(8-5-11)18(28)13-3-6-23-25-13/h3,6,9-11H,4-5,7-8H2,1-2H3,(H,23,25). The Balaban J connectivity index is 1.63. The Labute approximate surface area is 164 Å². The molecule has 4 rings (SSSR count). The number of rotatable bonds is 3. The van der Waals surface area contributed by atoms with Crippen LogP contribution < -0.4 is 0 Å². The summed E-state index contributed by atoms with van der Waals surface area (Å²) in [4.78, 5) is 18.3. The number of halogens is 3. The minimum absolute atomic E-state index is 0.0692. The van der Waals surface area contributed by atoms with Gasteiger partial charge in [-0.15, -0.1) is 0 Å². The second-order valence-electron chi connectivity index (χ2n) is 7.53. The van der Waals surface area contributed by atoms with Crippen LogP contribution in [0, 0.1) is 0 Å². The minimum atomic E-state index is -4.54. The van der Waals surface area contributed by atoms with E-state index >= 15 is 0 Å². The summed E-state index contributed by atoms with van der Waals surface area (Å²) in [6.07, 6.45) is -2.06. The van der Waals surface area contributed by atoms with Crippen molar-refractivity contribution < 1.29 is 22.5 Å². The molecule has 1 aliphatic heterocycles. The Kier molecular flexibility index (Phi) is 4.79. The molecule has 1 N–H and O–H groups in total. The van der Waals surface area contributed by atoms with Crippen LogP contribution in [0.3, 0.4) is 0 Å². The molecule has 3 aromatic rings. The molecule has 1 saturated heterocycles. The number of alkyl halides is 3. The topological polar surface area (TPSA) is 87.9 Å². The highest BCUT2D eigenvalue weighted by Crippen LogP contribution is 2.41. The summed E-state index contributed by atoms with van der Waals surface area (Å²) >= 11 is 0. The zero-order valence-electron chi connectivity index (χ0n) is 16.0. The van der Waals surface area contributed by atoms with Crippen molar-refractivity contribution in [2.75, 3.05) is 13.1 Å². The first kappa shape index (κ1) is 19.4. The van der Waals surface area contributed by atoms with Crippen molar-refractivity contribution in [1.82, 2.24) is 25.2 Å². The van der Waals surface area contributed by atoms with E-state index in [2.05, 4.69) is 20.3 Å². The van der Waals surface area contributed by atoms with Gasteiger partial charge in [0.2, 0.25) is 0 Å². The molecule has 10 heteroatoms. The van der Waals surface area contributed by atoms with Gasteiger partial charge in [0.05, 0.1) is 16.6 Å². The molecule has 29 heavy (non-hydrogen) atoms. The number of hydrogen-bond donors (Lipinski definition) is 1. The molecule has 0 atom stereocenters. The van der Waals surface area contributed by atoms with Gasteiger partial charge < -0.3 is 9.42 Å². The third-order valence-electron chi connectivity index (χ3n) is 5.29. The van der Waals surface area contributed by atoms with E-state index < -0.39 is 11.7 Å². The molecule has 1 fully saturated rings. The molecule has 0 spiro atoms. The number of likely N-dealkylation sites (tertiary alicyclic amines) is 1. The number of nitrogens with zero attached hydrogens (tertiary/aromatic N) is 4. The highest BCUT2D eigenvalue weighted by atomic mass is 19.4. The maximum absolute atomic E-state index is 13.8. The maximum Gasteiger partial charge on any atom is 0.417 e. The number of H-pyrrole nitrogens is 1. The molecule has 1 aliphatic rings. The Hall–Kier alpha value is -2.91. The van der Waals surface area contributed by atoms with E-state index in [9.17, 15) is 18.0 Å². The summed E-state index contributed by atoms with van der Waals surface area (Å²) in [5, 5.41) is 10.3. The molecule has 154 valence electrons. The molecule has 4 heterocycles. The van der Waals surface area contributed by atoms with Gasteiger partial charge in [-0.3, -0.25) is 9.89 Å². The number of amides is 1. The van der Waals surface area contributed by atoms with E-state index in [0.717, 1.165) is 6.07 Å². The maximum atomic E-state index is 13.8. The number of aromatic nitrogens is 4. The van der Waals surface area contributed by atoms with Crippen LogP contribution in [-0.2, 0) is 6.18 Å². The fraction of sp³-hybridized carbons (Fsp3) is 0.474. The SMILES string of the molecule is CC(C)c1cc(C(F)(F)F)c2c(C3CCN(C(=O)c4ccn[nH]4)CC3)noc2n1. The average molecular weight is 407 g/mol. The van der Waals surface area contributed by atoms with Crippen molar-refractivity contribution in [3.05, 3.63) is 41.0 Å². The van der Waals surface area contributed by atoms with E-state index in [-0.39, 0.29) is 34.5 Å². The van der Waals surface area contributed by atoms with Gasteiger partial charge >= 0.3 is 6.18 Å². The van der Waals surface area contributed by atoms with Crippen molar-refractivity contribution >= 4 is 17.0 Å². The van der Waals surface area contributed by atoms with Gasteiger partial charge in [-0.1, -0.05) is 19.0 Å². The van der Waals surface area contributed by atoms with Crippen LogP contribution in [0.2, 0.25) is 0 Å². The van der Waals surface area contributed by atoms with E-state index in [1.54, 1.807) is 24.8 Å².